The Morgan fingerprint density at radius 2 is 1.71 bits per heavy atom. The molecular formula is C20H21F4NO3. The maximum atomic E-state index is 14.1. The topological polar surface area (TPSA) is 60.8 Å². The van der Waals surface area contributed by atoms with E-state index < -0.39 is 48.0 Å². The second-order valence-corrected chi connectivity index (χ2v) is 6.67. The van der Waals surface area contributed by atoms with Crippen LogP contribution in [-0.4, -0.2) is 28.8 Å². The van der Waals surface area contributed by atoms with Crippen LogP contribution in [0.3, 0.4) is 0 Å². The number of aromatic hydroxyl groups is 1. The van der Waals surface area contributed by atoms with Crippen LogP contribution in [0, 0.1) is 11.7 Å². The molecule has 152 valence electrons. The van der Waals surface area contributed by atoms with Crippen LogP contribution in [-0.2, 0) is 17.4 Å². The second kappa shape index (κ2) is 8.60. The normalized spacial score (nSPS) is 12.9. The van der Waals surface area contributed by atoms with Gasteiger partial charge in [0.2, 0.25) is 5.91 Å². The average Bonchev–Trinajstić information content (AvgIpc) is 2.61. The van der Waals surface area contributed by atoms with Gasteiger partial charge in [0.15, 0.2) is 0 Å². The zero-order chi connectivity index (χ0) is 21.1. The fourth-order valence-corrected chi connectivity index (χ4v) is 3.00. The highest BCUT2D eigenvalue weighted by molar-refractivity contribution is 5.95. The Hall–Kier alpha value is -2.61. The lowest BCUT2D eigenvalue weighted by Crippen LogP contribution is -2.43. The first kappa shape index (κ1) is 21.7. The number of halogens is 4. The van der Waals surface area contributed by atoms with Gasteiger partial charge in [-0.05, 0) is 56.7 Å². The first-order valence-corrected chi connectivity index (χ1v) is 8.63. The fraction of sp³-hybridized carbons (Fsp3) is 0.350. The summed E-state index contributed by atoms with van der Waals surface area (Å²) in [4.78, 5) is 14.3. The molecule has 2 aromatic carbocycles. The Balaban J connectivity index is 2.39. The van der Waals surface area contributed by atoms with E-state index >= 15 is 0 Å². The molecule has 0 aromatic heterocycles. The Labute approximate surface area is 160 Å². The lowest BCUT2D eigenvalue weighted by molar-refractivity contribution is -0.139. The summed E-state index contributed by atoms with van der Waals surface area (Å²) >= 11 is 0. The summed E-state index contributed by atoms with van der Waals surface area (Å²) in [5, 5.41) is 19.1. The highest BCUT2D eigenvalue weighted by atomic mass is 19.4. The molecule has 0 saturated heterocycles. The van der Waals surface area contributed by atoms with Crippen molar-refractivity contribution in [3.8, 4) is 5.75 Å². The highest BCUT2D eigenvalue weighted by Crippen LogP contribution is 2.34. The van der Waals surface area contributed by atoms with Crippen LogP contribution in [0.5, 0.6) is 5.75 Å². The number of phenolic OH excluding ortho intramolecular Hbond substituents is 1. The molecule has 2 N–H and O–H groups in total. The minimum Gasteiger partial charge on any atom is -0.508 e. The molecule has 2 aromatic rings. The number of anilines is 1. The molecule has 28 heavy (non-hydrogen) atoms. The van der Waals surface area contributed by atoms with Crippen LogP contribution < -0.4 is 4.90 Å². The average molecular weight is 399 g/mol. The monoisotopic (exact) mass is 399 g/mol. The summed E-state index contributed by atoms with van der Waals surface area (Å²) in [6.45, 7) is 2.65. The van der Waals surface area contributed by atoms with Crippen molar-refractivity contribution < 1.29 is 32.6 Å². The van der Waals surface area contributed by atoms with Gasteiger partial charge in [-0.3, -0.25) is 4.79 Å². The third-order valence-corrected chi connectivity index (χ3v) is 4.33. The number of hydrogen-bond acceptors (Lipinski definition) is 3. The van der Waals surface area contributed by atoms with Crippen molar-refractivity contribution in [1.29, 1.82) is 0 Å². The van der Waals surface area contributed by atoms with E-state index in [0.29, 0.717) is 5.69 Å². The lowest BCUT2D eigenvalue weighted by Gasteiger charge is -2.30. The molecule has 0 aliphatic carbocycles. The molecule has 0 fully saturated rings. The maximum absolute atomic E-state index is 14.1. The third kappa shape index (κ3) is 4.81. The Morgan fingerprint density at radius 3 is 2.21 bits per heavy atom. The van der Waals surface area contributed by atoms with Crippen LogP contribution in [0.25, 0.3) is 0 Å². The summed E-state index contributed by atoms with van der Waals surface area (Å²) in [7, 11) is 0. The van der Waals surface area contributed by atoms with Crippen LogP contribution >= 0.6 is 0 Å². The molecule has 0 aliphatic rings. The van der Waals surface area contributed by atoms with Crippen molar-refractivity contribution >= 4 is 11.6 Å². The summed E-state index contributed by atoms with van der Waals surface area (Å²) < 4.78 is 53.8. The quantitative estimate of drug-likeness (QED) is 0.718. The van der Waals surface area contributed by atoms with Crippen molar-refractivity contribution in [2.45, 2.75) is 32.5 Å². The number of hydrogen-bond donors (Lipinski definition) is 2. The van der Waals surface area contributed by atoms with Gasteiger partial charge in [-0.1, -0.05) is 6.07 Å². The molecule has 1 atom stereocenters. The molecule has 0 aliphatic heterocycles. The standard InChI is InChI=1S/C20H21F4NO3/c1-12(2)25(14-6-8-15(27)9-7-14)19(28)13(11-26)10-16-17(20(22,23)24)4-3-5-18(16)21/h3-9,12-13,26-27H,10-11H2,1-2H3. The number of aliphatic hydroxyl groups is 1. The zero-order valence-corrected chi connectivity index (χ0v) is 15.4. The smallest absolute Gasteiger partial charge is 0.416 e. The van der Waals surface area contributed by atoms with Crippen molar-refractivity contribution in [2.24, 2.45) is 5.92 Å². The van der Waals surface area contributed by atoms with Crippen molar-refractivity contribution in [1.82, 2.24) is 0 Å². The van der Waals surface area contributed by atoms with Gasteiger partial charge in [-0.15, -0.1) is 0 Å². The Kier molecular flexibility index (Phi) is 6.66. The maximum Gasteiger partial charge on any atom is 0.416 e. The molecule has 0 bridgehead atoms. The summed E-state index contributed by atoms with van der Waals surface area (Å²) in [5.41, 5.74) is -1.42. The minimum atomic E-state index is -4.78. The lowest BCUT2D eigenvalue weighted by atomic mass is 9.93. The van der Waals surface area contributed by atoms with Gasteiger partial charge in [-0.2, -0.15) is 13.2 Å². The number of carbonyl (C=O) groups is 1. The van der Waals surface area contributed by atoms with E-state index in [1.807, 2.05) is 0 Å². The fourth-order valence-electron chi connectivity index (χ4n) is 3.00. The van der Waals surface area contributed by atoms with E-state index in [1.165, 1.54) is 29.2 Å². The van der Waals surface area contributed by atoms with Gasteiger partial charge in [0.1, 0.15) is 11.6 Å². The molecule has 8 heteroatoms. The molecule has 4 nitrogen and oxygen atoms in total. The number of benzene rings is 2. The summed E-state index contributed by atoms with van der Waals surface area (Å²) in [5.74, 6) is -3.00. The van der Waals surface area contributed by atoms with Gasteiger partial charge < -0.3 is 15.1 Å². The Morgan fingerprint density at radius 1 is 1.11 bits per heavy atom. The zero-order valence-electron chi connectivity index (χ0n) is 15.4. The second-order valence-electron chi connectivity index (χ2n) is 6.67. The van der Waals surface area contributed by atoms with Gasteiger partial charge in [0, 0.05) is 17.3 Å². The number of carbonyl (C=O) groups excluding carboxylic acids is 1. The van der Waals surface area contributed by atoms with Crippen molar-refractivity contribution in [2.75, 3.05) is 11.5 Å². The van der Waals surface area contributed by atoms with Crippen molar-refractivity contribution in [3.05, 3.63) is 59.4 Å². The number of amides is 1. The molecule has 0 heterocycles. The van der Waals surface area contributed by atoms with Gasteiger partial charge >= 0.3 is 6.18 Å². The predicted molar refractivity (Wildman–Crippen MR) is 96.4 cm³/mol. The number of phenols is 1. The van der Waals surface area contributed by atoms with E-state index in [2.05, 4.69) is 0 Å². The molecule has 1 unspecified atom stereocenters. The van der Waals surface area contributed by atoms with Gasteiger partial charge in [-0.25, -0.2) is 4.39 Å². The van der Waals surface area contributed by atoms with E-state index in [-0.39, 0.29) is 11.8 Å². The van der Waals surface area contributed by atoms with Crippen LogP contribution in [0.1, 0.15) is 25.0 Å². The van der Waals surface area contributed by atoms with Crippen LogP contribution in [0.15, 0.2) is 42.5 Å². The number of alkyl halides is 3. The molecule has 0 radical (unpaired) electrons. The van der Waals surface area contributed by atoms with Crippen LogP contribution in [0.2, 0.25) is 0 Å². The van der Waals surface area contributed by atoms with Crippen molar-refractivity contribution in [3.63, 3.8) is 0 Å². The first-order valence-electron chi connectivity index (χ1n) is 8.63. The summed E-state index contributed by atoms with van der Waals surface area (Å²) in [6, 6.07) is 7.90. The molecule has 0 spiro atoms. The largest absolute Gasteiger partial charge is 0.508 e. The predicted octanol–water partition coefficient (Wildman–Crippen LogP) is 4.14. The first-order chi connectivity index (χ1) is 13.1. The van der Waals surface area contributed by atoms with Crippen LogP contribution in [0.4, 0.5) is 23.2 Å². The number of aliphatic hydroxyl groups excluding tert-OH is 1. The number of nitrogens with zero attached hydrogens (tertiary/aromatic N) is 1. The van der Waals surface area contributed by atoms with E-state index in [0.717, 1.165) is 18.2 Å². The number of rotatable bonds is 6. The molecule has 1 amide bonds. The molecule has 0 saturated carbocycles. The third-order valence-electron chi connectivity index (χ3n) is 4.33. The molecular weight excluding hydrogens is 378 g/mol. The summed E-state index contributed by atoms with van der Waals surface area (Å²) in [6.07, 6.45) is -5.38. The SMILES string of the molecule is CC(C)N(C(=O)C(CO)Cc1c(F)cccc1C(F)(F)F)c1ccc(O)cc1. The van der Waals surface area contributed by atoms with E-state index in [9.17, 15) is 32.6 Å². The van der Waals surface area contributed by atoms with Gasteiger partial charge in [0.05, 0.1) is 18.1 Å². The minimum absolute atomic E-state index is 0.0141. The highest BCUT2D eigenvalue weighted by Gasteiger charge is 2.36. The Bertz CT molecular complexity index is 819. The van der Waals surface area contributed by atoms with Gasteiger partial charge in [0.25, 0.3) is 0 Å². The van der Waals surface area contributed by atoms with E-state index in [1.54, 1.807) is 13.8 Å². The molecule has 2 rings (SSSR count). The van der Waals surface area contributed by atoms with E-state index in [4.69, 9.17) is 0 Å².